The van der Waals surface area contributed by atoms with E-state index in [9.17, 15) is 4.79 Å². The minimum Gasteiger partial charge on any atom is -0.335 e. The molecular weight excluding hydrogens is 380 g/mol. The number of benzene rings is 2. The molecule has 29 heavy (non-hydrogen) atoms. The average Bonchev–Trinajstić information content (AvgIpc) is 2.77. The van der Waals surface area contributed by atoms with Gasteiger partial charge in [-0.15, -0.1) is 0 Å². The van der Waals surface area contributed by atoms with Gasteiger partial charge in [0.25, 0.3) is 5.91 Å². The lowest BCUT2D eigenvalue weighted by Crippen LogP contribution is -2.45. The van der Waals surface area contributed by atoms with Gasteiger partial charge in [-0.1, -0.05) is 61.2 Å². The van der Waals surface area contributed by atoms with Gasteiger partial charge in [0.15, 0.2) is 0 Å². The van der Waals surface area contributed by atoms with Gasteiger partial charge in [0.1, 0.15) is 5.15 Å². The summed E-state index contributed by atoms with van der Waals surface area (Å²) >= 11 is 5.95. The van der Waals surface area contributed by atoms with E-state index in [1.165, 1.54) is 41.2 Å². The van der Waals surface area contributed by atoms with Gasteiger partial charge in [-0.2, -0.15) is 0 Å². The summed E-state index contributed by atoms with van der Waals surface area (Å²) in [6.45, 7) is 0.848. The highest BCUT2D eigenvalue weighted by molar-refractivity contribution is 6.29. The van der Waals surface area contributed by atoms with E-state index in [0.29, 0.717) is 11.2 Å². The van der Waals surface area contributed by atoms with Crippen molar-refractivity contribution in [3.05, 3.63) is 76.1 Å². The molecule has 0 atom stereocenters. The van der Waals surface area contributed by atoms with Crippen molar-refractivity contribution in [2.24, 2.45) is 0 Å². The number of halogens is 1. The SMILES string of the molecule is O=C1c2cc(Cc3ccc(Cl)nc3)c3ccccc3c2CCN1C1CCCCC1. The van der Waals surface area contributed by atoms with Gasteiger partial charge in [0, 0.05) is 24.3 Å². The van der Waals surface area contributed by atoms with Crippen molar-refractivity contribution in [2.75, 3.05) is 6.54 Å². The number of hydrogen-bond acceptors (Lipinski definition) is 2. The van der Waals surface area contributed by atoms with Gasteiger partial charge in [-0.25, -0.2) is 4.98 Å². The van der Waals surface area contributed by atoms with Crippen LogP contribution in [0.4, 0.5) is 0 Å². The Morgan fingerprint density at radius 3 is 2.59 bits per heavy atom. The molecule has 1 aromatic heterocycles. The first-order chi connectivity index (χ1) is 14.2. The first-order valence-electron chi connectivity index (χ1n) is 10.7. The molecule has 4 heteroatoms. The molecule has 2 aliphatic rings. The fourth-order valence-electron chi connectivity index (χ4n) is 5.08. The van der Waals surface area contributed by atoms with Crippen molar-refractivity contribution in [1.29, 1.82) is 0 Å². The fourth-order valence-corrected chi connectivity index (χ4v) is 5.19. The van der Waals surface area contributed by atoms with Crippen molar-refractivity contribution >= 4 is 28.3 Å². The summed E-state index contributed by atoms with van der Waals surface area (Å²) in [7, 11) is 0. The molecule has 2 aromatic carbocycles. The van der Waals surface area contributed by atoms with Crippen LogP contribution in [0.15, 0.2) is 48.7 Å². The fraction of sp³-hybridized carbons (Fsp3) is 0.360. The van der Waals surface area contributed by atoms with Crippen LogP contribution < -0.4 is 0 Å². The highest BCUT2D eigenvalue weighted by Crippen LogP contribution is 2.34. The highest BCUT2D eigenvalue weighted by Gasteiger charge is 2.32. The minimum atomic E-state index is 0.222. The molecule has 3 nitrogen and oxygen atoms in total. The van der Waals surface area contributed by atoms with E-state index in [0.717, 1.165) is 43.4 Å². The number of carbonyl (C=O) groups excluding carboxylic acids is 1. The van der Waals surface area contributed by atoms with Crippen LogP contribution in [0.2, 0.25) is 5.15 Å². The average molecular weight is 405 g/mol. The lowest BCUT2D eigenvalue weighted by atomic mass is 9.86. The van der Waals surface area contributed by atoms with Crippen LogP contribution >= 0.6 is 11.6 Å². The molecule has 1 aliphatic carbocycles. The quantitative estimate of drug-likeness (QED) is 0.516. The molecule has 0 N–H and O–H groups in total. The van der Waals surface area contributed by atoms with E-state index in [1.54, 1.807) is 0 Å². The molecule has 0 bridgehead atoms. The maximum absolute atomic E-state index is 13.5. The monoisotopic (exact) mass is 404 g/mol. The Kier molecular flexibility index (Phi) is 5.01. The predicted octanol–water partition coefficient (Wildman–Crippen LogP) is 5.81. The van der Waals surface area contributed by atoms with Crippen molar-refractivity contribution in [1.82, 2.24) is 9.88 Å². The number of aromatic nitrogens is 1. The van der Waals surface area contributed by atoms with Crippen LogP contribution in [0.5, 0.6) is 0 Å². The third-order valence-corrected chi connectivity index (χ3v) is 6.76. The van der Waals surface area contributed by atoms with Crippen molar-refractivity contribution < 1.29 is 4.79 Å². The molecule has 0 unspecified atom stereocenters. The van der Waals surface area contributed by atoms with Gasteiger partial charge >= 0.3 is 0 Å². The second-order valence-electron chi connectivity index (χ2n) is 8.31. The smallest absolute Gasteiger partial charge is 0.254 e. The zero-order chi connectivity index (χ0) is 19.8. The maximum Gasteiger partial charge on any atom is 0.254 e. The van der Waals surface area contributed by atoms with Crippen LogP contribution in [0.25, 0.3) is 10.8 Å². The number of rotatable bonds is 3. The molecule has 1 amide bonds. The van der Waals surface area contributed by atoms with Crippen LogP contribution in [-0.2, 0) is 12.8 Å². The van der Waals surface area contributed by atoms with E-state index in [2.05, 4.69) is 40.2 Å². The van der Waals surface area contributed by atoms with E-state index in [1.807, 2.05) is 18.3 Å². The summed E-state index contributed by atoms with van der Waals surface area (Å²) in [4.78, 5) is 19.9. The third-order valence-electron chi connectivity index (χ3n) is 6.53. The van der Waals surface area contributed by atoms with Crippen LogP contribution in [-0.4, -0.2) is 28.4 Å². The van der Waals surface area contributed by atoms with Crippen LogP contribution in [0, 0.1) is 0 Å². The second-order valence-corrected chi connectivity index (χ2v) is 8.70. The van der Waals surface area contributed by atoms with Crippen molar-refractivity contribution in [2.45, 2.75) is 51.0 Å². The Morgan fingerprint density at radius 2 is 1.83 bits per heavy atom. The summed E-state index contributed by atoms with van der Waals surface area (Å²) in [6, 6.07) is 14.9. The summed E-state index contributed by atoms with van der Waals surface area (Å²) in [5.74, 6) is 0.222. The Labute approximate surface area is 176 Å². The van der Waals surface area contributed by atoms with Gasteiger partial charge in [-0.05, 0) is 65.3 Å². The van der Waals surface area contributed by atoms with Crippen LogP contribution in [0.3, 0.4) is 0 Å². The lowest BCUT2D eigenvalue weighted by Gasteiger charge is -2.38. The van der Waals surface area contributed by atoms with Gasteiger partial charge < -0.3 is 4.90 Å². The Hall–Kier alpha value is -2.39. The van der Waals surface area contributed by atoms with Gasteiger partial charge in [0.2, 0.25) is 0 Å². The number of carbonyl (C=O) groups is 1. The normalized spacial score (nSPS) is 17.6. The summed E-state index contributed by atoms with van der Waals surface area (Å²) in [6.07, 6.45) is 9.61. The van der Waals surface area contributed by atoms with E-state index >= 15 is 0 Å². The summed E-state index contributed by atoms with van der Waals surface area (Å²) < 4.78 is 0. The van der Waals surface area contributed by atoms with Crippen LogP contribution in [0.1, 0.15) is 59.2 Å². The largest absolute Gasteiger partial charge is 0.335 e. The number of amides is 1. The molecule has 1 saturated carbocycles. The first-order valence-corrected chi connectivity index (χ1v) is 11.0. The molecule has 2 heterocycles. The molecule has 0 saturated heterocycles. The number of nitrogens with zero attached hydrogens (tertiary/aromatic N) is 2. The first kappa shape index (κ1) is 18.6. The molecular formula is C25H25ClN2O. The van der Waals surface area contributed by atoms with E-state index in [4.69, 9.17) is 11.6 Å². The van der Waals surface area contributed by atoms with E-state index < -0.39 is 0 Å². The summed E-state index contributed by atoms with van der Waals surface area (Å²) in [5, 5.41) is 2.96. The Balaban J connectivity index is 1.57. The number of fused-ring (bicyclic) bond motifs is 3. The standard InChI is InChI=1S/C25H25ClN2O/c26-24-11-10-17(16-27-24)14-18-15-23-22(21-9-5-4-8-20(18)21)12-13-28(25(23)29)19-6-2-1-3-7-19/h4-5,8-11,15-16,19H,1-3,6-7,12-14H2. The molecule has 0 spiro atoms. The molecule has 5 rings (SSSR count). The Bertz CT molecular complexity index is 1050. The highest BCUT2D eigenvalue weighted by atomic mass is 35.5. The lowest BCUT2D eigenvalue weighted by molar-refractivity contribution is 0.0615. The van der Waals surface area contributed by atoms with Gasteiger partial charge in [0.05, 0.1) is 0 Å². The topological polar surface area (TPSA) is 33.2 Å². The molecule has 3 aromatic rings. The molecule has 0 radical (unpaired) electrons. The van der Waals surface area contributed by atoms with Crippen molar-refractivity contribution in [3.63, 3.8) is 0 Å². The summed E-state index contributed by atoms with van der Waals surface area (Å²) in [5.41, 5.74) is 4.40. The zero-order valence-corrected chi connectivity index (χ0v) is 17.3. The maximum atomic E-state index is 13.5. The molecule has 1 fully saturated rings. The minimum absolute atomic E-state index is 0.222. The third kappa shape index (κ3) is 3.53. The molecule has 1 aliphatic heterocycles. The number of pyridine rings is 1. The zero-order valence-electron chi connectivity index (χ0n) is 16.5. The molecule has 148 valence electrons. The van der Waals surface area contributed by atoms with Crippen molar-refractivity contribution in [3.8, 4) is 0 Å². The van der Waals surface area contributed by atoms with E-state index in [-0.39, 0.29) is 5.91 Å². The Morgan fingerprint density at radius 1 is 1.03 bits per heavy atom. The second kappa shape index (κ2) is 7.79. The predicted molar refractivity (Wildman–Crippen MR) is 118 cm³/mol. The number of hydrogen-bond donors (Lipinski definition) is 0. The van der Waals surface area contributed by atoms with Gasteiger partial charge in [-0.3, -0.25) is 4.79 Å².